The monoisotopic (exact) mass is 1080 g/mol. The fraction of sp³-hybridized carbons (Fsp3) is 0.892. The average Bonchev–Trinajstić information content (AvgIpc) is 3.42. The Balaban J connectivity index is 2.27. The van der Waals surface area contributed by atoms with Crippen LogP contribution in [0, 0.1) is 0 Å². The van der Waals surface area contributed by atoms with E-state index in [0.717, 1.165) is 44.9 Å². The molecule has 0 aliphatic carbocycles. The molecule has 1 amide bonds. The second-order valence-corrected chi connectivity index (χ2v) is 22.8. The van der Waals surface area contributed by atoms with Gasteiger partial charge in [-0.1, -0.05) is 275 Å². The maximum atomic E-state index is 13.2. The van der Waals surface area contributed by atoms with E-state index in [2.05, 4.69) is 55.6 Å². The van der Waals surface area contributed by atoms with Gasteiger partial charge in [-0.3, -0.25) is 4.79 Å². The normalized spacial score (nSPS) is 19.8. The van der Waals surface area contributed by atoms with Gasteiger partial charge < -0.3 is 50.5 Å². The van der Waals surface area contributed by atoms with Crippen LogP contribution in [0.25, 0.3) is 0 Å². The highest BCUT2D eigenvalue weighted by molar-refractivity contribution is 5.80. The van der Waals surface area contributed by atoms with Crippen molar-refractivity contribution < 1.29 is 50.0 Å². The molecule has 9 atom stereocenters. The molecule has 11 nitrogen and oxygen atoms in total. The van der Waals surface area contributed by atoms with Gasteiger partial charge in [-0.25, -0.2) is 0 Å². The van der Waals surface area contributed by atoms with E-state index in [-0.39, 0.29) is 12.8 Å². The summed E-state index contributed by atoms with van der Waals surface area (Å²) in [6.07, 6.45) is 56.4. The van der Waals surface area contributed by atoms with Crippen LogP contribution in [0.2, 0.25) is 0 Å². The number of unbranched alkanes of at least 4 members (excludes halogenated alkanes) is 38. The molecule has 0 aromatic carbocycles. The third-order valence-corrected chi connectivity index (χ3v) is 15.7. The first-order chi connectivity index (χ1) is 37.2. The minimum absolute atomic E-state index is 0.243. The van der Waals surface area contributed by atoms with Crippen LogP contribution >= 0.6 is 0 Å². The average molecular weight is 1080 g/mol. The Hall–Kier alpha value is -1.67. The van der Waals surface area contributed by atoms with Crippen molar-refractivity contribution in [2.24, 2.45) is 0 Å². The highest BCUT2D eigenvalue weighted by Gasteiger charge is 2.44. The Morgan fingerprint density at radius 3 is 1.17 bits per heavy atom. The van der Waals surface area contributed by atoms with Crippen LogP contribution in [-0.2, 0) is 14.3 Å². The molecule has 1 aliphatic heterocycles. The van der Waals surface area contributed by atoms with Crippen LogP contribution in [0.5, 0.6) is 0 Å². The van der Waals surface area contributed by atoms with E-state index in [4.69, 9.17) is 9.47 Å². The molecule has 448 valence electrons. The number of allylic oxidation sites excluding steroid dienone is 6. The van der Waals surface area contributed by atoms with Gasteiger partial charge in [0, 0.05) is 0 Å². The van der Waals surface area contributed by atoms with Gasteiger partial charge >= 0.3 is 0 Å². The van der Waals surface area contributed by atoms with Crippen molar-refractivity contribution in [3.05, 3.63) is 36.5 Å². The molecule has 1 heterocycles. The number of carbonyl (C=O) groups is 1. The number of rotatable bonds is 56. The zero-order chi connectivity index (χ0) is 55.4. The lowest BCUT2D eigenvalue weighted by Crippen LogP contribution is -2.60. The predicted octanol–water partition coefficient (Wildman–Crippen LogP) is 14.6. The molecule has 9 unspecified atom stereocenters. The third kappa shape index (κ3) is 41.4. The first kappa shape index (κ1) is 72.3. The van der Waals surface area contributed by atoms with Crippen molar-refractivity contribution in [3.63, 3.8) is 0 Å². The summed E-state index contributed by atoms with van der Waals surface area (Å²) in [6.45, 7) is 3.47. The zero-order valence-corrected chi connectivity index (χ0v) is 49.2. The number of ether oxygens (including phenoxy) is 2. The summed E-state index contributed by atoms with van der Waals surface area (Å²) in [5.74, 6) is -0.707. The van der Waals surface area contributed by atoms with Gasteiger partial charge in [0.25, 0.3) is 0 Å². The number of hydrogen-bond donors (Lipinski definition) is 8. The van der Waals surface area contributed by atoms with E-state index in [1.54, 1.807) is 0 Å². The fourth-order valence-electron chi connectivity index (χ4n) is 10.4. The highest BCUT2D eigenvalue weighted by atomic mass is 16.7. The molecule has 11 heteroatoms. The molecule has 0 aromatic heterocycles. The molecular weight excluding hydrogens is 955 g/mol. The summed E-state index contributed by atoms with van der Waals surface area (Å²) in [4.78, 5) is 13.2. The van der Waals surface area contributed by atoms with Gasteiger partial charge in [0.05, 0.1) is 25.4 Å². The number of carbonyl (C=O) groups excluding carboxylic acids is 1. The summed E-state index contributed by atoms with van der Waals surface area (Å²) in [5.41, 5.74) is 0. The molecule has 76 heavy (non-hydrogen) atoms. The van der Waals surface area contributed by atoms with Gasteiger partial charge in [-0.15, -0.1) is 0 Å². The molecule has 1 rings (SSSR count). The Bertz CT molecular complexity index is 1330. The lowest BCUT2D eigenvalue weighted by molar-refractivity contribution is -0.303. The van der Waals surface area contributed by atoms with E-state index in [1.807, 2.05) is 0 Å². The van der Waals surface area contributed by atoms with Gasteiger partial charge in [0.15, 0.2) is 6.29 Å². The lowest BCUT2D eigenvalue weighted by Gasteiger charge is -2.40. The molecular formula is C65H123NO10. The minimum Gasteiger partial charge on any atom is -0.394 e. The van der Waals surface area contributed by atoms with Crippen LogP contribution in [0.15, 0.2) is 36.5 Å². The van der Waals surface area contributed by atoms with Crippen LogP contribution in [0.4, 0.5) is 0 Å². The predicted molar refractivity (Wildman–Crippen MR) is 316 cm³/mol. The molecule has 0 saturated carbocycles. The van der Waals surface area contributed by atoms with Gasteiger partial charge in [0.1, 0.15) is 36.6 Å². The van der Waals surface area contributed by atoms with Crippen molar-refractivity contribution in [1.82, 2.24) is 5.32 Å². The summed E-state index contributed by atoms with van der Waals surface area (Å²) < 4.78 is 11.2. The Labute approximate surface area is 467 Å². The van der Waals surface area contributed by atoms with Crippen molar-refractivity contribution >= 4 is 5.91 Å². The second-order valence-electron chi connectivity index (χ2n) is 22.8. The molecule has 0 aromatic rings. The van der Waals surface area contributed by atoms with Crippen molar-refractivity contribution in [2.75, 3.05) is 13.2 Å². The van der Waals surface area contributed by atoms with E-state index in [9.17, 15) is 40.5 Å². The quantitative estimate of drug-likeness (QED) is 0.0215. The Kier molecular flexibility index (Phi) is 51.3. The maximum Gasteiger partial charge on any atom is 0.249 e. The minimum atomic E-state index is -1.67. The summed E-state index contributed by atoms with van der Waals surface area (Å²) in [6, 6.07) is -1.19. The lowest BCUT2D eigenvalue weighted by atomic mass is 9.98. The van der Waals surface area contributed by atoms with Gasteiger partial charge in [0.2, 0.25) is 5.91 Å². The Morgan fingerprint density at radius 2 is 0.789 bits per heavy atom. The first-order valence-electron chi connectivity index (χ1n) is 32.4. The summed E-state index contributed by atoms with van der Waals surface area (Å²) >= 11 is 0. The molecule has 1 fully saturated rings. The first-order valence-corrected chi connectivity index (χ1v) is 32.4. The molecule has 0 radical (unpaired) electrons. The van der Waals surface area contributed by atoms with E-state index < -0.39 is 74.2 Å². The fourth-order valence-corrected chi connectivity index (χ4v) is 10.4. The van der Waals surface area contributed by atoms with Crippen LogP contribution in [0.3, 0.4) is 0 Å². The van der Waals surface area contributed by atoms with Gasteiger partial charge in [-0.05, 0) is 64.2 Å². The molecule has 0 spiro atoms. The highest BCUT2D eigenvalue weighted by Crippen LogP contribution is 2.24. The van der Waals surface area contributed by atoms with Crippen LogP contribution < -0.4 is 5.32 Å². The van der Waals surface area contributed by atoms with Crippen molar-refractivity contribution in [3.8, 4) is 0 Å². The van der Waals surface area contributed by atoms with Crippen molar-refractivity contribution in [2.45, 2.75) is 358 Å². The molecule has 8 N–H and O–H groups in total. The topological polar surface area (TPSA) is 189 Å². The van der Waals surface area contributed by atoms with E-state index in [1.165, 1.54) is 212 Å². The molecule has 1 aliphatic rings. The van der Waals surface area contributed by atoms with Gasteiger partial charge in [-0.2, -0.15) is 0 Å². The smallest absolute Gasteiger partial charge is 0.249 e. The zero-order valence-electron chi connectivity index (χ0n) is 49.2. The van der Waals surface area contributed by atoms with Crippen molar-refractivity contribution in [1.29, 1.82) is 0 Å². The number of aliphatic hydroxyl groups excluding tert-OH is 7. The molecule has 1 saturated heterocycles. The largest absolute Gasteiger partial charge is 0.394 e. The number of hydrogen-bond acceptors (Lipinski definition) is 10. The second kappa shape index (κ2) is 53.9. The number of amides is 1. The third-order valence-electron chi connectivity index (χ3n) is 15.7. The standard InChI is InChI=1S/C65H123NO10/c1-3-5-7-9-11-13-15-17-19-21-23-25-27-28-29-30-31-33-35-37-39-41-43-45-47-49-51-53-58(69)64(74)66-56(55-75-65-63(73)62(72)61(71)59(54-67)76-65)60(70)57(68)52-50-48-46-44-42-40-38-36-34-32-26-24-22-20-18-16-14-12-10-8-6-4-2/h24,26,36,38,44,46,56-63,65,67-73H,3-23,25,27-35,37,39-43,45,47-55H2,1-2H3,(H,66,74)/b26-24+,38-36+,46-44+. The SMILES string of the molecule is CCCCCCCCCCC/C=C/CC/C=C/CC/C=C/CCCC(O)C(O)C(COC1OC(CO)C(O)C(O)C1O)NC(=O)C(O)CCCCCCCCCCCCCCCCCCCCCCCCCCCCC. The number of aliphatic hydroxyl groups is 7. The van der Waals surface area contributed by atoms with E-state index in [0.29, 0.717) is 19.3 Å². The summed E-state index contributed by atoms with van der Waals surface area (Å²) in [7, 11) is 0. The molecule has 0 bridgehead atoms. The van der Waals surface area contributed by atoms with Crippen LogP contribution in [-0.4, -0.2) is 110 Å². The van der Waals surface area contributed by atoms with Crippen LogP contribution in [0.1, 0.15) is 303 Å². The number of nitrogens with one attached hydrogen (secondary N) is 1. The Morgan fingerprint density at radius 1 is 0.447 bits per heavy atom. The summed E-state index contributed by atoms with van der Waals surface area (Å²) in [5, 5.41) is 76.3. The van der Waals surface area contributed by atoms with E-state index >= 15 is 0 Å². The maximum absolute atomic E-state index is 13.2.